The Labute approximate surface area is 177 Å². The van der Waals surface area contributed by atoms with Crippen molar-refractivity contribution >= 4 is 29.1 Å². The van der Waals surface area contributed by atoms with Crippen LogP contribution in [-0.4, -0.2) is 67.1 Å². The van der Waals surface area contributed by atoms with Gasteiger partial charge in [0, 0.05) is 30.4 Å². The lowest BCUT2D eigenvalue weighted by Crippen LogP contribution is -2.54. The quantitative estimate of drug-likeness (QED) is 0.558. The second-order valence-electron chi connectivity index (χ2n) is 7.86. The van der Waals surface area contributed by atoms with E-state index in [9.17, 15) is 23.2 Å². The molecule has 1 aromatic rings. The summed E-state index contributed by atoms with van der Waals surface area (Å²) in [6.45, 7) is -2.68. The number of nitrogens with two attached hydrogens (primary N) is 1. The predicted molar refractivity (Wildman–Crippen MR) is 106 cm³/mol. The second kappa shape index (κ2) is 8.75. The lowest BCUT2D eigenvalue weighted by atomic mass is 10.1. The molecule has 9 nitrogen and oxygen atoms in total. The maximum Gasteiger partial charge on any atom is 0.387 e. The molecule has 3 amide bonds. The monoisotopic (exact) mass is 438 g/mol. The molecule has 2 saturated carbocycles. The fourth-order valence-electron chi connectivity index (χ4n) is 3.84. The number of amides is 3. The van der Waals surface area contributed by atoms with Crippen molar-refractivity contribution in [2.24, 2.45) is 5.73 Å². The number of alkyl halides is 2. The van der Waals surface area contributed by atoms with Gasteiger partial charge in [-0.3, -0.25) is 19.3 Å². The molecule has 0 unspecified atom stereocenters. The molecule has 0 spiro atoms. The van der Waals surface area contributed by atoms with Crippen LogP contribution < -0.4 is 20.7 Å². The molecular formula is C20H24F2N4O5. The fraction of sp³-hybridized carbons (Fsp3) is 0.550. The van der Waals surface area contributed by atoms with Gasteiger partial charge in [0.15, 0.2) is 11.8 Å². The number of halogens is 2. The highest BCUT2D eigenvalue weighted by Gasteiger charge is 2.47. The number of hydrogen-bond acceptors (Lipinski definition) is 6. The Morgan fingerprint density at radius 1 is 1.23 bits per heavy atom. The van der Waals surface area contributed by atoms with Crippen molar-refractivity contribution in [1.82, 2.24) is 4.90 Å². The van der Waals surface area contributed by atoms with E-state index < -0.39 is 24.5 Å². The molecule has 0 bridgehead atoms. The molecule has 3 aliphatic rings. The summed E-state index contributed by atoms with van der Waals surface area (Å²) in [7, 11) is 0. The van der Waals surface area contributed by atoms with E-state index in [0.717, 1.165) is 25.7 Å². The largest absolute Gasteiger partial charge is 0.433 e. The summed E-state index contributed by atoms with van der Waals surface area (Å²) in [6, 6.07) is 3.19. The number of rotatable bonds is 9. The first-order valence-electron chi connectivity index (χ1n) is 10.2. The number of morpholine rings is 1. The van der Waals surface area contributed by atoms with Crippen molar-refractivity contribution < 1.29 is 32.6 Å². The van der Waals surface area contributed by atoms with Gasteiger partial charge >= 0.3 is 6.61 Å². The van der Waals surface area contributed by atoms with E-state index in [-0.39, 0.29) is 42.6 Å². The highest BCUT2D eigenvalue weighted by molar-refractivity contribution is 6.10. The van der Waals surface area contributed by atoms with Crippen molar-refractivity contribution in [3.05, 3.63) is 18.2 Å². The molecule has 0 aromatic heterocycles. The Bertz CT molecular complexity index is 863. The van der Waals surface area contributed by atoms with E-state index >= 15 is 0 Å². The topological polar surface area (TPSA) is 114 Å². The van der Waals surface area contributed by atoms with Gasteiger partial charge in [-0.1, -0.05) is 0 Å². The Hall–Kier alpha value is -2.79. The smallest absolute Gasteiger partial charge is 0.387 e. The molecule has 1 atom stereocenters. The predicted octanol–water partition coefficient (Wildman–Crippen LogP) is 1.07. The number of benzene rings is 1. The van der Waals surface area contributed by atoms with Gasteiger partial charge in [0.25, 0.3) is 11.8 Å². The first kappa shape index (κ1) is 21.4. The SMILES string of the molecule is NC(=O)[C@@H](C(=O)Nc1ccc(N2CCOCC2=O)cc1OC(F)F)N(C1CC1)C1CC1. The van der Waals surface area contributed by atoms with E-state index in [2.05, 4.69) is 10.1 Å². The van der Waals surface area contributed by atoms with Gasteiger partial charge in [0.1, 0.15) is 6.61 Å². The zero-order valence-corrected chi connectivity index (χ0v) is 16.8. The van der Waals surface area contributed by atoms with Crippen molar-refractivity contribution in [3.63, 3.8) is 0 Å². The Morgan fingerprint density at radius 2 is 1.90 bits per heavy atom. The van der Waals surface area contributed by atoms with Gasteiger partial charge in [0.05, 0.1) is 12.3 Å². The van der Waals surface area contributed by atoms with Crippen molar-refractivity contribution in [2.45, 2.75) is 50.4 Å². The molecule has 0 radical (unpaired) electrons. The van der Waals surface area contributed by atoms with E-state index in [0.29, 0.717) is 12.3 Å². The minimum Gasteiger partial charge on any atom is -0.433 e. The van der Waals surface area contributed by atoms with Crippen LogP contribution in [0.4, 0.5) is 20.2 Å². The van der Waals surface area contributed by atoms with Gasteiger partial charge in [-0.25, -0.2) is 0 Å². The van der Waals surface area contributed by atoms with Crippen LogP contribution in [0.2, 0.25) is 0 Å². The Kier molecular flexibility index (Phi) is 6.05. The summed E-state index contributed by atoms with van der Waals surface area (Å²) in [5, 5.41) is 2.52. The van der Waals surface area contributed by atoms with Gasteiger partial charge < -0.3 is 25.4 Å². The molecule has 3 fully saturated rings. The van der Waals surface area contributed by atoms with Crippen molar-refractivity contribution in [2.75, 3.05) is 30.0 Å². The van der Waals surface area contributed by atoms with Crippen LogP contribution >= 0.6 is 0 Å². The average molecular weight is 438 g/mol. The van der Waals surface area contributed by atoms with Gasteiger partial charge in [-0.05, 0) is 37.8 Å². The molecule has 3 N–H and O–H groups in total. The molecule has 2 aliphatic carbocycles. The first-order valence-corrected chi connectivity index (χ1v) is 10.2. The van der Waals surface area contributed by atoms with Crippen molar-refractivity contribution in [3.8, 4) is 5.75 Å². The summed E-state index contributed by atoms with van der Waals surface area (Å²) in [5.74, 6) is -2.11. The number of carbonyl (C=O) groups is 3. The van der Waals surface area contributed by atoms with Crippen LogP contribution in [-0.2, 0) is 19.1 Å². The van der Waals surface area contributed by atoms with Gasteiger partial charge in [-0.15, -0.1) is 0 Å². The molecular weight excluding hydrogens is 414 g/mol. The summed E-state index contributed by atoms with van der Waals surface area (Å²) in [4.78, 5) is 40.4. The zero-order valence-electron chi connectivity index (χ0n) is 16.8. The normalized spacial score (nSPS) is 20.1. The van der Waals surface area contributed by atoms with Crippen LogP contribution in [0.1, 0.15) is 25.7 Å². The second-order valence-corrected chi connectivity index (χ2v) is 7.86. The summed E-state index contributed by atoms with van der Waals surface area (Å²) in [6.07, 6.45) is 3.54. The number of nitrogens with zero attached hydrogens (tertiary/aromatic N) is 2. The molecule has 1 aliphatic heterocycles. The summed E-state index contributed by atoms with van der Waals surface area (Å²) in [5.41, 5.74) is 5.83. The molecule has 11 heteroatoms. The average Bonchev–Trinajstić information content (AvgIpc) is 3.61. The fourth-order valence-corrected chi connectivity index (χ4v) is 3.84. The summed E-state index contributed by atoms with van der Waals surface area (Å²) < 4.78 is 35.7. The number of hydrogen-bond donors (Lipinski definition) is 2. The lowest BCUT2D eigenvalue weighted by molar-refractivity contribution is -0.133. The van der Waals surface area contributed by atoms with Crippen LogP contribution in [0.3, 0.4) is 0 Å². The third kappa shape index (κ3) is 4.93. The first-order chi connectivity index (χ1) is 14.8. The minimum absolute atomic E-state index is 0.0347. The van der Waals surface area contributed by atoms with Crippen LogP contribution in [0.5, 0.6) is 5.75 Å². The van der Waals surface area contributed by atoms with E-state index in [4.69, 9.17) is 10.5 Å². The Morgan fingerprint density at radius 3 is 2.45 bits per heavy atom. The van der Waals surface area contributed by atoms with Crippen LogP contribution in [0.15, 0.2) is 18.2 Å². The van der Waals surface area contributed by atoms with E-state index in [1.807, 2.05) is 4.90 Å². The van der Waals surface area contributed by atoms with Crippen LogP contribution in [0, 0.1) is 0 Å². The van der Waals surface area contributed by atoms with Gasteiger partial charge in [0.2, 0.25) is 5.91 Å². The maximum absolute atomic E-state index is 13.0. The van der Waals surface area contributed by atoms with E-state index in [1.165, 1.54) is 23.1 Å². The van der Waals surface area contributed by atoms with E-state index in [1.54, 1.807) is 0 Å². The lowest BCUT2D eigenvalue weighted by Gasteiger charge is -2.29. The number of carbonyl (C=O) groups excluding carboxylic acids is 3. The molecule has 1 saturated heterocycles. The zero-order chi connectivity index (χ0) is 22.1. The summed E-state index contributed by atoms with van der Waals surface area (Å²) >= 11 is 0. The minimum atomic E-state index is -3.15. The molecule has 4 rings (SSSR count). The van der Waals surface area contributed by atoms with Crippen molar-refractivity contribution in [1.29, 1.82) is 0 Å². The number of primary amides is 1. The number of ether oxygens (including phenoxy) is 2. The maximum atomic E-state index is 13.0. The van der Waals surface area contributed by atoms with Crippen LogP contribution in [0.25, 0.3) is 0 Å². The molecule has 1 heterocycles. The third-order valence-corrected chi connectivity index (χ3v) is 5.49. The third-order valence-electron chi connectivity index (χ3n) is 5.49. The Balaban J connectivity index is 1.57. The van der Waals surface area contributed by atoms with Gasteiger partial charge in [-0.2, -0.15) is 8.78 Å². The highest BCUT2D eigenvalue weighted by atomic mass is 19.3. The number of nitrogens with one attached hydrogen (secondary N) is 1. The highest BCUT2D eigenvalue weighted by Crippen LogP contribution is 2.39. The standard InChI is InChI=1S/C20H24F2N4O5/c21-20(22)31-15-9-13(25-7-8-30-10-16(25)27)5-6-14(15)24-19(29)17(18(23)28)26(11-1-2-11)12-3-4-12/h5-6,9,11-12,17,20H,1-4,7-8,10H2,(H2,23,28)(H,24,29)/t17-/m0/s1. The number of anilines is 2. The molecule has 168 valence electrons. The molecule has 1 aromatic carbocycles. The molecule has 31 heavy (non-hydrogen) atoms.